The van der Waals surface area contributed by atoms with Crippen molar-refractivity contribution in [1.29, 1.82) is 0 Å². The second-order valence-corrected chi connectivity index (χ2v) is 3.89. The molecule has 3 nitrogen and oxygen atoms in total. The highest BCUT2D eigenvalue weighted by Crippen LogP contribution is 2.15. The van der Waals surface area contributed by atoms with Gasteiger partial charge in [0.25, 0.3) is 0 Å². The third-order valence-corrected chi connectivity index (χ3v) is 2.06. The van der Waals surface area contributed by atoms with Gasteiger partial charge in [-0.1, -0.05) is 13.8 Å². The second kappa shape index (κ2) is 4.04. The largest absolute Gasteiger partial charge is 0.302 e. The molecule has 1 rings (SSSR count). The van der Waals surface area contributed by atoms with Crippen molar-refractivity contribution in [1.82, 2.24) is 10.3 Å². The van der Waals surface area contributed by atoms with Gasteiger partial charge in [0.15, 0.2) is 0 Å². The smallest absolute Gasteiger partial charge is 0.0150 e. The Morgan fingerprint density at radius 3 is 2.64 bits per heavy atom. The standard InChI is InChI=1S/C8H19N3/c1-7(2)4-11-5-8(6-11)3-10-9/h7-8,10H,3-6,9H2,1-2H3. The van der Waals surface area contributed by atoms with Gasteiger partial charge in [-0.3, -0.25) is 11.3 Å². The van der Waals surface area contributed by atoms with Gasteiger partial charge in [-0.25, -0.2) is 0 Å². The van der Waals surface area contributed by atoms with Crippen molar-refractivity contribution in [2.75, 3.05) is 26.2 Å². The Morgan fingerprint density at radius 1 is 1.55 bits per heavy atom. The lowest BCUT2D eigenvalue weighted by Crippen LogP contribution is -2.52. The molecule has 0 aliphatic carbocycles. The van der Waals surface area contributed by atoms with Crippen LogP contribution >= 0.6 is 0 Å². The summed E-state index contributed by atoms with van der Waals surface area (Å²) in [7, 11) is 0. The van der Waals surface area contributed by atoms with Crippen molar-refractivity contribution < 1.29 is 0 Å². The van der Waals surface area contributed by atoms with Crippen LogP contribution in [0.3, 0.4) is 0 Å². The van der Waals surface area contributed by atoms with Crippen molar-refractivity contribution in [2.45, 2.75) is 13.8 Å². The van der Waals surface area contributed by atoms with Crippen LogP contribution in [-0.2, 0) is 0 Å². The molecule has 0 bridgehead atoms. The maximum Gasteiger partial charge on any atom is 0.0150 e. The molecule has 1 aliphatic heterocycles. The van der Waals surface area contributed by atoms with Gasteiger partial charge in [-0.15, -0.1) is 0 Å². The molecule has 1 heterocycles. The van der Waals surface area contributed by atoms with E-state index in [0.29, 0.717) is 0 Å². The molecule has 3 N–H and O–H groups in total. The maximum atomic E-state index is 5.22. The Balaban J connectivity index is 2.00. The minimum Gasteiger partial charge on any atom is -0.302 e. The summed E-state index contributed by atoms with van der Waals surface area (Å²) < 4.78 is 0. The van der Waals surface area contributed by atoms with Crippen LogP contribution in [0.15, 0.2) is 0 Å². The second-order valence-electron chi connectivity index (χ2n) is 3.89. The van der Waals surface area contributed by atoms with Crippen LogP contribution < -0.4 is 11.3 Å². The van der Waals surface area contributed by atoms with Crippen molar-refractivity contribution >= 4 is 0 Å². The van der Waals surface area contributed by atoms with Crippen LogP contribution in [0.1, 0.15) is 13.8 Å². The van der Waals surface area contributed by atoms with Gasteiger partial charge in [-0.2, -0.15) is 0 Å². The molecule has 0 aromatic rings. The molecule has 0 aromatic heterocycles. The van der Waals surface area contributed by atoms with Gasteiger partial charge >= 0.3 is 0 Å². The van der Waals surface area contributed by atoms with Gasteiger partial charge in [0, 0.05) is 26.2 Å². The zero-order valence-electron chi connectivity index (χ0n) is 7.51. The molecule has 3 heteroatoms. The van der Waals surface area contributed by atoms with Crippen LogP contribution in [0.25, 0.3) is 0 Å². The molecule has 66 valence electrons. The number of nitrogens with two attached hydrogens (primary N) is 1. The Labute approximate surface area is 68.9 Å². The van der Waals surface area contributed by atoms with Gasteiger partial charge < -0.3 is 4.90 Å². The number of rotatable bonds is 4. The normalized spacial score (nSPS) is 20.7. The highest BCUT2D eigenvalue weighted by Gasteiger charge is 2.25. The highest BCUT2D eigenvalue weighted by atomic mass is 15.2. The van der Waals surface area contributed by atoms with Gasteiger partial charge in [0.1, 0.15) is 0 Å². The maximum absolute atomic E-state index is 5.22. The van der Waals surface area contributed by atoms with E-state index in [0.717, 1.165) is 18.4 Å². The molecular formula is C8H19N3. The summed E-state index contributed by atoms with van der Waals surface area (Å²) >= 11 is 0. The van der Waals surface area contributed by atoms with Crippen LogP contribution in [0.5, 0.6) is 0 Å². The zero-order valence-corrected chi connectivity index (χ0v) is 7.51. The number of nitrogens with one attached hydrogen (secondary N) is 1. The quantitative estimate of drug-likeness (QED) is 0.447. The Kier molecular flexibility index (Phi) is 3.30. The van der Waals surface area contributed by atoms with Crippen molar-refractivity contribution in [3.8, 4) is 0 Å². The molecule has 1 fully saturated rings. The first-order valence-corrected chi connectivity index (χ1v) is 4.38. The van der Waals surface area contributed by atoms with E-state index < -0.39 is 0 Å². The summed E-state index contributed by atoms with van der Waals surface area (Å²) in [6, 6.07) is 0. The summed E-state index contributed by atoms with van der Waals surface area (Å²) in [5.74, 6) is 6.80. The van der Waals surface area contributed by atoms with E-state index in [1.165, 1.54) is 19.6 Å². The molecule has 1 aliphatic rings. The van der Waals surface area contributed by atoms with E-state index in [1.54, 1.807) is 0 Å². The molecule has 0 aromatic carbocycles. The molecule has 0 spiro atoms. The minimum absolute atomic E-state index is 0.791. The van der Waals surface area contributed by atoms with Gasteiger partial charge in [0.2, 0.25) is 0 Å². The molecule has 0 radical (unpaired) electrons. The highest BCUT2D eigenvalue weighted by molar-refractivity contribution is 4.80. The first kappa shape index (κ1) is 8.97. The Bertz CT molecular complexity index is 108. The van der Waals surface area contributed by atoms with Gasteiger partial charge in [0.05, 0.1) is 0 Å². The van der Waals surface area contributed by atoms with Crippen molar-refractivity contribution in [3.63, 3.8) is 0 Å². The van der Waals surface area contributed by atoms with Crippen LogP contribution in [-0.4, -0.2) is 31.1 Å². The molecule has 0 amide bonds. The van der Waals surface area contributed by atoms with E-state index in [2.05, 4.69) is 24.2 Å². The number of hydrazine groups is 1. The van der Waals surface area contributed by atoms with E-state index in [4.69, 9.17) is 5.84 Å². The predicted molar refractivity (Wildman–Crippen MR) is 47.0 cm³/mol. The molecule has 11 heavy (non-hydrogen) atoms. The lowest BCUT2D eigenvalue weighted by atomic mass is 9.99. The molecule has 0 unspecified atom stereocenters. The molecular weight excluding hydrogens is 138 g/mol. The summed E-state index contributed by atoms with van der Waals surface area (Å²) in [6.07, 6.45) is 0. The average molecular weight is 157 g/mol. The third-order valence-electron chi connectivity index (χ3n) is 2.06. The molecule has 0 saturated carbocycles. The van der Waals surface area contributed by atoms with Crippen LogP contribution in [0, 0.1) is 11.8 Å². The van der Waals surface area contributed by atoms with E-state index in [9.17, 15) is 0 Å². The Morgan fingerprint density at radius 2 is 2.18 bits per heavy atom. The fourth-order valence-electron chi connectivity index (χ4n) is 1.64. The summed E-state index contributed by atoms with van der Waals surface area (Å²) in [5, 5.41) is 0. The van der Waals surface area contributed by atoms with E-state index >= 15 is 0 Å². The number of likely N-dealkylation sites (tertiary alicyclic amines) is 1. The summed E-state index contributed by atoms with van der Waals surface area (Å²) in [5.41, 5.74) is 2.72. The lowest BCUT2D eigenvalue weighted by Gasteiger charge is -2.40. The van der Waals surface area contributed by atoms with Gasteiger partial charge in [-0.05, 0) is 11.8 Å². The predicted octanol–water partition coefficient (Wildman–Crippen LogP) is 0.0375. The summed E-state index contributed by atoms with van der Waals surface area (Å²) in [6.45, 7) is 9.17. The van der Waals surface area contributed by atoms with E-state index in [-0.39, 0.29) is 0 Å². The minimum atomic E-state index is 0.791. The number of hydrogen-bond acceptors (Lipinski definition) is 3. The van der Waals surface area contributed by atoms with E-state index in [1.807, 2.05) is 0 Å². The topological polar surface area (TPSA) is 41.3 Å². The van der Waals surface area contributed by atoms with Crippen LogP contribution in [0.2, 0.25) is 0 Å². The fourth-order valence-corrected chi connectivity index (χ4v) is 1.64. The molecule has 1 saturated heterocycles. The fraction of sp³-hybridized carbons (Fsp3) is 1.00. The summed E-state index contributed by atoms with van der Waals surface area (Å²) in [4.78, 5) is 2.48. The monoisotopic (exact) mass is 157 g/mol. The third kappa shape index (κ3) is 2.77. The zero-order chi connectivity index (χ0) is 8.27. The average Bonchev–Trinajstić information content (AvgIpc) is 1.82. The number of hydrogen-bond donors (Lipinski definition) is 2. The lowest BCUT2D eigenvalue weighted by molar-refractivity contribution is 0.0868. The van der Waals surface area contributed by atoms with Crippen molar-refractivity contribution in [3.05, 3.63) is 0 Å². The SMILES string of the molecule is CC(C)CN1CC(CNN)C1. The number of nitrogens with zero attached hydrogens (tertiary/aromatic N) is 1. The first-order valence-electron chi connectivity index (χ1n) is 4.38. The molecule has 0 atom stereocenters. The Hall–Kier alpha value is -0.120. The van der Waals surface area contributed by atoms with Crippen LogP contribution in [0.4, 0.5) is 0 Å². The first-order chi connectivity index (χ1) is 5.22. The van der Waals surface area contributed by atoms with Crippen molar-refractivity contribution in [2.24, 2.45) is 17.7 Å².